The Morgan fingerprint density at radius 2 is 1.93 bits per heavy atom. The first-order chi connectivity index (χ1) is 6.99. The number of aromatic nitrogens is 3. The van der Waals surface area contributed by atoms with E-state index < -0.39 is 5.92 Å². The maximum absolute atomic E-state index is 12.9. The van der Waals surface area contributed by atoms with E-state index in [1.807, 2.05) is 0 Å². The standard InChI is InChI=1S/C9H12ClF2N3/c1-6-13-14-8(10)15(6)7-2-4-9(11,12)5-3-7/h7H,2-5H2,1H3. The Labute approximate surface area is 91.4 Å². The SMILES string of the molecule is Cc1nnc(Cl)n1C1CCC(F)(F)CC1. The molecule has 1 saturated carbocycles. The van der Waals surface area contributed by atoms with E-state index in [-0.39, 0.29) is 18.9 Å². The molecule has 0 saturated heterocycles. The third-order valence-corrected chi connectivity index (χ3v) is 3.13. The second kappa shape index (κ2) is 3.70. The van der Waals surface area contributed by atoms with Crippen LogP contribution in [0, 0.1) is 6.92 Å². The Kier molecular flexibility index (Phi) is 2.66. The van der Waals surface area contributed by atoms with Gasteiger partial charge in [-0.3, -0.25) is 4.57 Å². The van der Waals surface area contributed by atoms with Crippen molar-refractivity contribution in [2.24, 2.45) is 0 Å². The van der Waals surface area contributed by atoms with Crippen LogP contribution in [-0.2, 0) is 0 Å². The Morgan fingerprint density at radius 3 is 2.40 bits per heavy atom. The molecule has 0 aromatic carbocycles. The number of aryl methyl sites for hydroxylation is 1. The van der Waals surface area contributed by atoms with Crippen molar-refractivity contribution in [1.29, 1.82) is 0 Å². The molecule has 84 valence electrons. The van der Waals surface area contributed by atoms with Crippen LogP contribution in [-0.4, -0.2) is 20.7 Å². The fraction of sp³-hybridized carbons (Fsp3) is 0.778. The first-order valence-electron chi connectivity index (χ1n) is 4.94. The summed E-state index contributed by atoms with van der Waals surface area (Å²) in [5.74, 6) is -1.82. The second-order valence-corrected chi connectivity index (χ2v) is 4.31. The molecule has 0 radical (unpaired) electrons. The predicted molar refractivity (Wildman–Crippen MR) is 52.2 cm³/mol. The zero-order valence-corrected chi connectivity index (χ0v) is 9.14. The van der Waals surface area contributed by atoms with Gasteiger partial charge in [-0.05, 0) is 31.4 Å². The molecule has 2 rings (SSSR count). The highest BCUT2D eigenvalue weighted by molar-refractivity contribution is 6.28. The highest BCUT2D eigenvalue weighted by Crippen LogP contribution is 2.39. The summed E-state index contributed by atoms with van der Waals surface area (Å²) in [6.07, 6.45) is 0.717. The summed E-state index contributed by atoms with van der Waals surface area (Å²) in [6.45, 7) is 1.78. The van der Waals surface area contributed by atoms with E-state index in [0.29, 0.717) is 23.9 Å². The van der Waals surface area contributed by atoms with Crippen LogP contribution >= 0.6 is 11.6 Å². The molecule has 1 aromatic heterocycles. The minimum absolute atomic E-state index is 0.0205. The highest BCUT2D eigenvalue weighted by Gasteiger charge is 2.36. The van der Waals surface area contributed by atoms with Gasteiger partial charge in [0.1, 0.15) is 5.82 Å². The molecule has 0 bridgehead atoms. The van der Waals surface area contributed by atoms with Gasteiger partial charge < -0.3 is 0 Å². The van der Waals surface area contributed by atoms with E-state index in [2.05, 4.69) is 10.2 Å². The van der Waals surface area contributed by atoms with Crippen LogP contribution in [0.2, 0.25) is 5.28 Å². The number of alkyl halides is 2. The van der Waals surface area contributed by atoms with Crippen LogP contribution in [0.1, 0.15) is 37.5 Å². The number of nitrogens with zero attached hydrogens (tertiary/aromatic N) is 3. The van der Waals surface area contributed by atoms with Gasteiger partial charge in [0.05, 0.1) is 0 Å². The molecule has 0 spiro atoms. The minimum atomic E-state index is -2.51. The van der Waals surface area contributed by atoms with Gasteiger partial charge in [-0.1, -0.05) is 0 Å². The van der Waals surface area contributed by atoms with Gasteiger partial charge in [0, 0.05) is 18.9 Å². The maximum atomic E-state index is 12.9. The van der Waals surface area contributed by atoms with Crippen molar-refractivity contribution in [2.75, 3.05) is 0 Å². The lowest BCUT2D eigenvalue weighted by Crippen LogP contribution is -2.26. The van der Waals surface area contributed by atoms with Crippen LogP contribution in [0.5, 0.6) is 0 Å². The molecule has 15 heavy (non-hydrogen) atoms. The van der Waals surface area contributed by atoms with Crippen LogP contribution in [0.4, 0.5) is 8.78 Å². The van der Waals surface area contributed by atoms with Gasteiger partial charge in [-0.25, -0.2) is 8.78 Å². The van der Waals surface area contributed by atoms with Crippen LogP contribution in [0.3, 0.4) is 0 Å². The van der Waals surface area contributed by atoms with Crippen molar-refractivity contribution in [3.63, 3.8) is 0 Å². The number of hydrogen-bond donors (Lipinski definition) is 0. The van der Waals surface area contributed by atoms with E-state index in [9.17, 15) is 8.78 Å². The smallest absolute Gasteiger partial charge is 0.248 e. The number of hydrogen-bond acceptors (Lipinski definition) is 2. The van der Waals surface area contributed by atoms with Crippen molar-refractivity contribution < 1.29 is 8.78 Å². The van der Waals surface area contributed by atoms with E-state index >= 15 is 0 Å². The van der Waals surface area contributed by atoms with Crippen molar-refractivity contribution in [3.8, 4) is 0 Å². The third kappa shape index (κ3) is 2.12. The molecule has 3 nitrogen and oxygen atoms in total. The Bertz CT molecular complexity index is 335. The average Bonchev–Trinajstić information content (AvgIpc) is 2.48. The lowest BCUT2D eigenvalue weighted by Gasteiger charge is -2.29. The maximum Gasteiger partial charge on any atom is 0.248 e. The first-order valence-corrected chi connectivity index (χ1v) is 5.32. The van der Waals surface area contributed by atoms with Crippen LogP contribution in [0.25, 0.3) is 0 Å². The summed E-state index contributed by atoms with van der Waals surface area (Å²) in [4.78, 5) is 0. The quantitative estimate of drug-likeness (QED) is 0.749. The monoisotopic (exact) mass is 235 g/mol. The van der Waals surface area contributed by atoms with Crippen LogP contribution < -0.4 is 0 Å². The summed E-state index contributed by atoms with van der Waals surface area (Å²) >= 11 is 5.85. The summed E-state index contributed by atoms with van der Waals surface area (Å²) in [6, 6.07) is 0.0205. The summed E-state index contributed by atoms with van der Waals surface area (Å²) in [7, 11) is 0. The fourth-order valence-corrected chi connectivity index (χ4v) is 2.34. The molecule has 1 aromatic rings. The van der Waals surface area contributed by atoms with Gasteiger partial charge in [-0.2, -0.15) is 0 Å². The summed E-state index contributed by atoms with van der Waals surface area (Å²) in [5.41, 5.74) is 0. The van der Waals surface area contributed by atoms with Gasteiger partial charge >= 0.3 is 0 Å². The molecule has 0 N–H and O–H groups in total. The molecule has 1 heterocycles. The minimum Gasteiger partial charge on any atom is -0.299 e. The summed E-state index contributed by atoms with van der Waals surface area (Å²) < 4.78 is 27.6. The number of halogens is 3. The lowest BCUT2D eigenvalue weighted by atomic mass is 9.92. The first kappa shape index (κ1) is 10.8. The average molecular weight is 236 g/mol. The molecule has 0 aliphatic heterocycles. The second-order valence-electron chi connectivity index (χ2n) is 3.97. The van der Waals surface area contributed by atoms with Gasteiger partial charge in [0.2, 0.25) is 11.2 Å². The van der Waals surface area contributed by atoms with E-state index in [1.54, 1.807) is 11.5 Å². The zero-order valence-electron chi connectivity index (χ0n) is 8.38. The summed E-state index contributed by atoms with van der Waals surface area (Å²) in [5, 5.41) is 7.83. The zero-order chi connectivity index (χ0) is 11.1. The molecule has 1 aliphatic carbocycles. The fourth-order valence-electron chi connectivity index (χ4n) is 2.04. The molecule has 0 unspecified atom stereocenters. The Hall–Kier alpha value is -0.710. The molecule has 1 fully saturated rings. The van der Waals surface area contributed by atoms with Crippen molar-refractivity contribution in [1.82, 2.24) is 14.8 Å². The van der Waals surface area contributed by atoms with Crippen molar-refractivity contribution in [2.45, 2.75) is 44.6 Å². The highest BCUT2D eigenvalue weighted by atomic mass is 35.5. The normalized spacial score (nSPS) is 21.9. The van der Waals surface area contributed by atoms with Crippen molar-refractivity contribution >= 4 is 11.6 Å². The van der Waals surface area contributed by atoms with E-state index in [0.717, 1.165) is 0 Å². The van der Waals surface area contributed by atoms with Gasteiger partial charge in [0.15, 0.2) is 0 Å². The molecular weight excluding hydrogens is 224 g/mol. The topological polar surface area (TPSA) is 30.7 Å². The predicted octanol–water partition coefficient (Wildman–Crippen LogP) is 2.99. The Morgan fingerprint density at radius 1 is 1.33 bits per heavy atom. The Balaban J connectivity index is 2.14. The lowest BCUT2D eigenvalue weighted by molar-refractivity contribution is -0.0441. The molecule has 0 atom stereocenters. The van der Waals surface area contributed by atoms with E-state index in [4.69, 9.17) is 11.6 Å². The molecule has 6 heteroatoms. The molecular formula is C9H12ClF2N3. The molecule has 0 amide bonds. The molecule has 1 aliphatic rings. The largest absolute Gasteiger partial charge is 0.299 e. The van der Waals surface area contributed by atoms with Gasteiger partial charge in [-0.15, -0.1) is 10.2 Å². The number of rotatable bonds is 1. The van der Waals surface area contributed by atoms with E-state index in [1.165, 1.54) is 0 Å². The van der Waals surface area contributed by atoms with Crippen molar-refractivity contribution in [3.05, 3.63) is 11.1 Å². The van der Waals surface area contributed by atoms with Crippen LogP contribution in [0.15, 0.2) is 0 Å². The third-order valence-electron chi connectivity index (χ3n) is 2.88. The van der Waals surface area contributed by atoms with Gasteiger partial charge in [0.25, 0.3) is 0 Å².